The van der Waals surface area contributed by atoms with Gasteiger partial charge in [-0.15, -0.1) is 0 Å². The van der Waals surface area contributed by atoms with Crippen LogP contribution in [0.2, 0.25) is 0 Å². The molecule has 3 aromatic heterocycles. The molecular weight excluding hydrogens is 620 g/mol. The molecule has 1 aliphatic rings. The summed E-state index contributed by atoms with van der Waals surface area (Å²) in [6.07, 6.45) is 2.54. The number of fused-ring (bicyclic) bond motifs is 3. The number of hydrogen-bond donors (Lipinski definition) is 0. The summed E-state index contributed by atoms with van der Waals surface area (Å²) in [5.74, 6) is 0.621. The number of benzene rings is 2. The fraction of sp³-hybridized carbons (Fsp3) is 0.312. The van der Waals surface area contributed by atoms with Crippen molar-refractivity contribution in [3.05, 3.63) is 90.3 Å². The summed E-state index contributed by atoms with van der Waals surface area (Å²) in [5, 5.41) is 1.36. The highest BCUT2D eigenvalue weighted by Crippen LogP contribution is 2.33. The average molecular weight is 653 g/mol. The van der Waals surface area contributed by atoms with Gasteiger partial charge in [0.25, 0.3) is 20.1 Å². The molecule has 1 fully saturated rings. The van der Waals surface area contributed by atoms with Crippen LogP contribution in [0.1, 0.15) is 24.0 Å². The second-order valence-corrected chi connectivity index (χ2v) is 14.6. The van der Waals surface area contributed by atoms with Crippen LogP contribution in [0.3, 0.4) is 0 Å². The van der Waals surface area contributed by atoms with Gasteiger partial charge in [-0.1, -0.05) is 35.4 Å². The van der Waals surface area contributed by atoms with E-state index >= 15 is 0 Å². The van der Waals surface area contributed by atoms with Gasteiger partial charge in [-0.2, -0.15) is 8.42 Å². The van der Waals surface area contributed by atoms with E-state index in [1.54, 1.807) is 54.9 Å². The molecule has 0 radical (unpaired) electrons. The standard InChI is InChI=1S/C32H33FN4O6S2/c1-22-3-7-26(8-4-22)44(38,39)37-30-13-16-34-19-29(30)28-11-12-31(35-32(28)37)36-17-14-25(15-18-36)42-20-24(33)21-43-45(40,41)27-9-5-23(2)6-10-27/h3-13,16,19,24-25H,14-15,17-18,20-21H2,1-2H3. The van der Waals surface area contributed by atoms with E-state index in [1.165, 1.54) is 16.1 Å². The first-order valence-electron chi connectivity index (χ1n) is 14.6. The normalized spacial score (nSPS) is 15.6. The van der Waals surface area contributed by atoms with E-state index in [-0.39, 0.29) is 22.5 Å². The fourth-order valence-corrected chi connectivity index (χ4v) is 7.81. The van der Waals surface area contributed by atoms with Crippen LogP contribution in [-0.4, -0.2) is 69.4 Å². The second-order valence-electron chi connectivity index (χ2n) is 11.2. The highest BCUT2D eigenvalue weighted by atomic mass is 32.2. The number of nitrogens with zero attached hydrogens (tertiary/aromatic N) is 4. The van der Waals surface area contributed by atoms with Crippen molar-refractivity contribution in [1.29, 1.82) is 0 Å². The molecule has 1 saturated heterocycles. The predicted octanol–water partition coefficient (Wildman–Crippen LogP) is 5.17. The van der Waals surface area contributed by atoms with Gasteiger partial charge in [0.2, 0.25) is 0 Å². The Bertz CT molecular complexity index is 2040. The molecule has 13 heteroatoms. The van der Waals surface area contributed by atoms with Crippen LogP contribution in [-0.2, 0) is 29.1 Å². The van der Waals surface area contributed by atoms with Gasteiger partial charge in [-0.25, -0.2) is 21.8 Å². The largest absolute Gasteiger partial charge is 0.375 e. The highest BCUT2D eigenvalue weighted by molar-refractivity contribution is 7.90. The molecule has 1 atom stereocenters. The third-order valence-electron chi connectivity index (χ3n) is 7.91. The van der Waals surface area contributed by atoms with E-state index in [0.717, 1.165) is 11.1 Å². The van der Waals surface area contributed by atoms with Crippen molar-refractivity contribution in [2.45, 2.75) is 48.8 Å². The Morgan fingerprint density at radius 2 is 1.49 bits per heavy atom. The van der Waals surface area contributed by atoms with Gasteiger partial charge >= 0.3 is 0 Å². The monoisotopic (exact) mass is 652 g/mol. The minimum atomic E-state index is -4.06. The molecule has 45 heavy (non-hydrogen) atoms. The van der Waals surface area contributed by atoms with E-state index in [0.29, 0.717) is 53.7 Å². The minimum absolute atomic E-state index is 0.0230. The summed E-state index contributed by atoms with van der Waals surface area (Å²) < 4.78 is 78.9. The van der Waals surface area contributed by atoms with Crippen LogP contribution >= 0.6 is 0 Å². The zero-order chi connectivity index (χ0) is 31.8. The first-order chi connectivity index (χ1) is 21.5. The SMILES string of the molecule is Cc1ccc(S(=O)(=O)OCC(F)COC2CCN(c3ccc4c5cnccc5n(S(=O)(=O)c5ccc(C)cc5)c4n3)CC2)cc1. The molecule has 1 unspecified atom stereocenters. The third-order valence-corrected chi connectivity index (χ3v) is 10.9. The van der Waals surface area contributed by atoms with Crippen LogP contribution in [0.4, 0.5) is 10.2 Å². The van der Waals surface area contributed by atoms with E-state index in [4.69, 9.17) is 13.9 Å². The smallest absolute Gasteiger partial charge is 0.297 e. The lowest BCUT2D eigenvalue weighted by molar-refractivity contribution is -0.00365. The van der Waals surface area contributed by atoms with Crippen LogP contribution in [0.25, 0.3) is 21.9 Å². The molecule has 0 amide bonds. The average Bonchev–Trinajstić information content (AvgIpc) is 3.38. The number of ether oxygens (including phenoxy) is 1. The van der Waals surface area contributed by atoms with E-state index < -0.39 is 32.9 Å². The van der Waals surface area contributed by atoms with Crippen LogP contribution < -0.4 is 4.90 Å². The molecule has 6 rings (SSSR count). The van der Waals surface area contributed by atoms with Crippen molar-refractivity contribution < 1.29 is 30.1 Å². The molecule has 10 nitrogen and oxygen atoms in total. The van der Waals surface area contributed by atoms with E-state index in [9.17, 15) is 21.2 Å². The molecule has 4 heterocycles. The molecule has 1 aliphatic heterocycles. The van der Waals surface area contributed by atoms with Crippen molar-refractivity contribution >= 4 is 47.9 Å². The number of anilines is 1. The van der Waals surface area contributed by atoms with E-state index in [2.05, 4.69) is 4.98 Å². The molecular formula is C32H33FN4O6S2. The number of pyridine rings is 2. The van der Waals surface area contributed by atoms with Gasteiger partial charge in [0, 0.05) is 36.3 Å². The first-order valence-corrected chi connectivity index (χ1v) is 17.4. The Labute approximate surface area is 261 Å². The van der Waals surface area contributed by atoms with Crippen molar-refractivity contribution in [2.24, 2.45) is 0 Å². The summed E-state index contributed by atoms with van der Waals surface area (Å²) in [6.45, 7) is 3.94. The van der Waals surface area contributed by atoms with Gasteiger partial charge in [0.05, 0.1) is 28.0 Å². The molecule has 0 aliphatic carbocycles. The maximum Gasteiger partial charge on any atom is 0.297 e. The van der Waals surface area contributed by atoms with Crippen LogP contribution in [0, 0.1) is 13.8 Å². The lowest BCUT2D eigenvalue weighted by Gasteiger charge is -2.33. The highest BCUT2D eigenvalue weighted by Gasteiger charge is 2.27. The number of aryl methyl sites for hydroxylation is 2. The van der Waals surface area contributed by atoms with Gasteiger partial charge in [0.15, 0.2) is 5.65 Å². The molecule has 5 aromatic rings. The molecule has 0 spiro atoms. The topological polar surface area (TPSA) is 121 Å². The van der Waals surface area contributed by atoms with Gasteiger partial charge < -0.3 is 9.64 Å². The second kappa shape index (κ2) is 12.5. The van der Waals surface area contributed by atoms with E-state index in [1.807, 2.05) is 30.9 Å². The lowest BCUT2D eigenvalue weighted by Crippen LogP contribution is -2.38. The number of piperidine rings is 1. The van der Waals surface area contributed by atoms with Crippen molar-refractivity contribution in [1.82, 2.24) is 13.9 Å². The van der Waals surface area contributed by atoms with Crippen molar-refractivity contribution in [3.8, 4) is 0 Å². The number of aromatic nitrogens is 3. The van der Waals surface area contributed by atoms with Gasteiger partial charge in [-0.3, -0.25) is 9.17 Å². The number of hydrogen-bond acceptors (Lipinski definition) is 9. The summed E-state index contributed by atoms with van der Waals surface area (Å²) >= 11 is 0. The molecule has 2 aromatic carbocycles. The molecule has 0 N–H and O–H groups in total. The third kappa shape index (κ3) is 6.43. The molecule has 236 valence electrons. The fourth-order valence-electron chi connectivity index (χ4n) is 5.40. The Kier molecular flexibility index (Phi) is 8.61. The zero-order valence-electron chi connectivity index (χ0n) is 24.8. The zero-order valence-corrected chi connectivity index (χ0v) is 26.5. The summed E-state index contributed by atoms with van der Waals surface area (Å²) in [6, 6.07) is 18.3. The van der Waals surface area contributed by atoms with Gasteiger partial charge in [-0.05, 0) is 69.2 Å². The molecule has 0 bridgehead atoms. The summed E-state index contributed by atoms with van der Waals surface area (Å²) in [5.41, 5.74) is 2.67. The first kappa shape index (κ1) is 31.1. The van der Waals surface area contributed by atoms with Gasteiger partial charge in [0.1, 0.15) is 18.6 Å². The maximum absolute atomic E-state index is 14.5. The number of alkyl halides is 1. The molecule has 0 saturated carbocycles. The Morgan fingerprint density at radius 1 is 0.844 bits per heavy atom. The van der Waals surface area contributed by atoms with Crippen LogP contribution in [0.5, 0.6) is 0 Å². The van der Waals surface area contributed by atoms with Crippen molar-refractivity contribution in [2.75, 3.05) is 31.2 Å². The maximum atomic E-state index is 14.5. The quantitative estimate of drug-likeness (QED) is 0.188. The van der Waals surface area contributed by atoms with Crippen LogP contribution in [0.15, 0.2) is 88.9 Å². The Morgan fingerprint density at radius 3 is 2.16 bits per heavy atom. The summed E-state index contributed by atoms with van der Waals surface area (Å²) in [4.78, 5) is 11.2. The number of rotatable bonds is 10. The minimum Gasteiger partial charge on any atom is -0.375 e. The predicted molar refractivity (Wildman–Crippen MR) is 169 cm³/mol. The van der Waals surface area contributed by atoms with Crippen molar-refractivity contribution in [3.63, 3.8) is 0 Å². The lowest BCUT2D eigenvalue weighted by atomic mass is 10.1. The Hall–Kier alpha value is -3.91. The number of halogens is 1. The summed E-state index contributed by atoms with van der Waals surface area (Å²) in [7, 11) is -8.02. The Balaban J connectivity index is 1.12.